The zero-order valence-corrected chi connectivity index (χ0v) is 16.2. The number of hydrogen-bond donors (Lipinski definition) is 1. The van der Waals surface area contributed by atoms with Crippen LogP contribution in [0.4, 0.5) is 0 Å². The van der Waals surface area contributed by atoms with Gasteiger partial charge in [0.1, 0.15) is 10.8 Å². The van der Waals surface area contributed by atoms with Crippen molar-refractivity contribution < 1.29 is 9.53 Å². The summed E-state index contributed by atoms with van der Waals surface area (Å²) in [7, 11) is 0. The van der Waals surface area contributed by atoms with E-state index in [1.54, 1.807) is 12.1 Å². The molecule has 1 fully saturated rings. The van der Waals surface area contributed by atoms with Crippen LogP contribution in [0.2, 0.25) is 15.2 Å². The van der Waals surface area contributed by atoms with Gasteiger partial charge in [0, 0.05) is 24.7 Å². The standard InChI is InChI=1S/C18H18Cl3N3O2/c19-13-3-1-12(2-4-13)15(24-7-9-26-10-8-24)11-22-18(25)17-14(20)5-6-16(21)23-17/h1-6,15H,7-11H2,(H,22,25). The van der Waals surface area contributed by atoms with Gasteiger partial charge in [0.2, 0.25) is 0 Å². The topological polar surface area (TPSA) is 54.5 Å². The van der Waals surface area contributed by atoms with Gasteiger partial charge in [-0.25, -0.2) is 4.98 Å². The SMILES string of the molecule is O=C(NCC(c1ccc(Cl)cc1)N1CCOCC1)c1nc(Cl)ccc1Cl. The van der Waals surface area contributed by atoms with Gasteiger partial charge in [-0.05, 0) is 29.8 Å². The van der Waals surface area contributed by atoms with Gasteiger partial charge in [0.25, 0.3) is 5.91 Å². The number of halogens is 3. The molecule has 2 heterocycles. The van der Waals surface area contributed by atoms with Gasteiger partial charge >= 0.3 is 0 Å². The second-order valence-electron chi connectivity index (χ2n) is 5.89. The maximum Gasteiger partial charge on any atom is 0.271 e. The van der Waals surface area contributed by atoms with E-state index in [1.807, 2.05) is 24.3 Å². The van der Waals surface area contributed by atoms with E-state index in [0.717, 1.165) is 18.7 Å². The minimum atomic E-state index is -0.357. The second-order valence-corrected chi connectivity index (χ2v) is 7.12. The minimum absolute atomic E-state index is 0.00178. The van der Waals surface area contributed by atoms with Gasteiger partial charge in [0.15, 0.2) is 0 Å². The molecule has 1 N–H and O–H groups in total. The summed E-state index contributed by atoms with van der Waals surface area (Å²) in [4.78, 5) is 18.8. The molecule has 3 rings (SSSR count). The molecule has 1 unspecified atom stereocenters. The molecule has 1 amide bonds. The molecule has 2 aromatic rings. The van der Waals surface area contributed by atoms with Crippen molar-refractivity contribution in [3.63, 3.8) is 0 Å². The van der Waals surface area contributed by atoms with Crippen LogP contribution in [0.5, 0.6) is 0 Å². The van der Waals surface area contributed by atoms with Crippen LogP contribution >= 0.6 is 34.8 Å². The minimum Gasteiger partial charge on any atom is -0.379 e. The van der Waals surface area contributed by atoms with E-state index in [2.05, 4.69) is 15.2 Å². The number of nitrogens with zero attached hydrogens (tertiary/aromatic N) is 2. The van der Waals surface area contributed by atoms with Crippen molar-refractivity contribution in [1.29, 1.82) is 0 Å². The van der Waals surface area contributed by atoms with Crippen LogP contribution in [0.15, 0.2) is 36.4 Å². The summed E-state index contributed by atoms with van der Waals surface area (Å²) >= 11 is 17.9. The number of amides is 1. The van der Waals surface area contributed by atoms with Gasteiger partial charge < -0.3 is 10.1 Å². The van der Waals surface area contributed by atoms with Crippen LogP contribution in [-0.4, -0.2) is 48.6 Å². The maximum atomic E-state index is 12.5. The van der Waals surface area contributed by atoms with Crippen LogP contribution in [0.1, 0.15) is 22.1 Å². The summed E-state index contributed by atoms with van der Waals surface area (Å²) in [5, 5.41) is 4.08. The van der Waals surface area contributed by atoms with Crippen LogP contribution in [-0.2, 0) is 4.74 Å². The summed E-state index contributed by atoms with van der Waals surface area (Å²) < 4.78 is 5.44. The lowest BCUT2D eigenvalue weighted by atomic mass is 10.0. The molecule has 8 heteroatoms. The lowest BCUT2D eigenvalue weighted by Gasteiger charge is -2.35. The van der Waals surface area contributed by atoms with Crippen molar-refractivity contribution in [3.05, 3.63) is 62.9 Å². The summed E-state index contributed by atoms with van der Waals surface area (Å²) in [6.45, 7) is 3.32. The molecule has 1 saturated heterocycles. The highest BCUT2D eigenvalue weighted by Crippen LogP contribution is 2.23. The van der Waals surface area contributed by atoms with E-state index in [9.17, 15) is 4.79 Å². The highest BCUT2D eigenvalue weighted by molar-refractivity contribution is 6.34. The molecule has 0 aliphatic carbocycles. The van der Waals surface area contributed by atoms with Crippen LogP contribution in [0.3, 0.4) is 0 Å². The zero-order valence-electron chi connectivity index (χ0n) is 13.9. The molecule has 0 saturated carbocycles. The zero-order chi connectivity index (χ0) is 18.5. The number of morpholine rings is 1. The molecule has 26 heavy (non-hydrogen) atoms. The first kappa shape index (κ1) is 19.4. The lowest BCUT2D eigenvalue weighted by molar-refractivity contribution is 0.0162. The predicted molar refractivity (Wildman–Crippen MR) is 103 cm³/mol. The van der Waals surface area contributed by atoms with Gasteiger partial charge in [-0.15, -0.1) is 0 Å². The Labute approximate surface area is 167 Å². The smallest absolute Gasteiger partial charge is 0.271 e. The average molecular weight is 415 g/mol. The van der Waals surface area contributed by atoms with E-state index in [-0.39, 0.29) is 27.8 Å². The van der Waals surface area contributed by atoms with Crippen LogP contribution < -0.4 is 5.32 Å². The van der Waals surface area contributed by atoms with Gasteiger partial charge in [-0.3, -0.25) is 9.69 Å². The van der Waals surface area contributed by atoms with Crippen molar-refractivity contribution >= 4 is 40.7 Å². The van der Waals surface area contributed by atoms with E-state index < -0.39 is 0 Å². The molecule has 1 aliphatic rings. The van der Waals surface area contributed by atoms with Crippen molar-refractivity contribution in [2.45, 2.75) is 6.04 Å². The fourth-order valence-electron chi connectivity index (χ4n) is 2.88. The first-order chi connectivity index (χ1) is 12.5. The number of nitrogens with one attached hydrogen (secondary N) is 1. The molecule has 0 bridgehead atoms. The Bertz CT molecular complexity index is 765. The van der Waals surface area contributed by atoms with Crippen molar-refractivity contribution in [2.75, 3.05) is 32.8 Å². The van der Waals surface area contributed by atoms with Gasteiger partial charge in [-0.2, -0.15) is 0 Å². The number of carbonyl (C=O) groups excluding carboxylic acids is 1. The van der Waals surface area contributed by atoms with E-state index in [1.165, 1.54) is 0 Å². The predicted octanol–water partition coefficient (Wildman–Crippen LogP) is 3.85. The molecular weight excluding hydrogens is 397 g/mol. The largest absolute Gasteiger partial charge is 0.379 e. The summed E-state index contributed by atoms with van der Waals surface area (Å²) in [6.07, 6.45) is 0. The molecule has 5 nitrogen and oxygen atoms in total. The van der Waals surface area contributed by atoms with Gasteiger partial charge in [-0.1, -0.05) is 46.9 Å². The van der Waals surface area contributed by atoms with Crippen molar-refractivity contribution in [1.82, 2.24) is 15.2 Å². The van der Waals surface area contributed by atoms with Crippen LogP contribution in [0.25, 0.3) is 0 Å². The Hall–Kier alpha value is -1.37. The number of ether oxygens (including phenoxy) is 1. The fourth-order valence-corrected chi connectivity index (χ4v) is 3.35. The Morgan fingerprint density at radius 2 is 1.81 bits per heavy atom. The van der Waals surface area contributed by atoms with E-state index >= 15 is 0 Å². The monoisotopic (exact) mass is 413 g/mol. The Balaban J connectivity index is 1.75. The normalized spacial score (nSPS) is 16.3. The lowest BCUT2D eigenvalue weighted by Crippen LogP contribution is -2.44. The number of carbonyl (C=O) groups is 1. The van der Waals surface area contributed by atoms with E-state index in [0.29, 0.717) is 24.8 Å². The first-order valence-corrected chi connectivity index (χ1v) is 9.35. The molecule has 1 atom stereocenters. The molecular formula is C18H18Cl3N3O2. The number of benzene rings is 1. The van der Waals surface area contributed by atoms with E-state index in [4.69, 9.17) is 39.5 Å². The van der Waals surface area contributed by atoms with Crippen LogP contribution in [0, 0.1) is 0 Å². The third kappa shape index (κ3) is 4.87. The molecule has 1 aromatic heterocycles. The third-order valence-corrected chi connectivity index (χ3v) is 4.99. The molecule has 0 radical (unpaired) electrons. The highest BCUT2D eigenvalue weighted by Gasteiger charge is 2.24. The first-order valence-electron chi connectivity index (χ1n) is 8.22. The molecule has 0 spiro atoms. The third-order valence-electron chi connectivity index (χ3n) is 4.22. The average Bonchev–Trinajstić information content (AvgIpc) is 2.66. The van der Waals surface area contributed by atoms with Gasteiger partial charge in [0.05, 0.1) is 24.3 Å². The number of hydrogen-bond acceptors (Lipinski definition) is 4. The molecule has 1 aliphatic heterocycles. The second kappa shape index (κ2) is 9.02. The highest BCUT2D eigenvalue weighted by atomic mass is 35.5. The fraction of sp³-hybridized carbons (Fsp3) is 0.333. The summed E-state index contributed by atoms with van der Waals surface area (Å²) in [5.41, 5.74) is 1.19. The maximum absolute atomic E-state index is 12.5. The Morgan fingerprint density at radius 3 is 2.50 bits per heavy atom. The van der Waals surface area contributed by atoms with Crippen molar-refractivity contribution in [3.8, 4) is 0 Å². The number of rotatable bonds is 5. The number of pyridine rings is 1. The van der Waals surface area contributed by atoms with Crippen molar-refractivity contribution in [2.24, 2.45) is 0 Å². The quantitative estimate of drug-likeness (QED) is 0.755. The Morgan fingerprint density at radius 1 is 1.12 bits per heavy atom. The summed E-state index contributed by atoms with van der Waals surface area (Å²) in [5.74, 6) is -0.357. The molecule has 138 valence electrons. The summed E-state index contributed by atoms with van der Waals surface area (Å²) in [6, 6.07) is 10.7. The molecule has 1 aromatic carbocycles. The Kier molecular flexibility index (Phi) is 6.73. The number of aromatic nitrogens is 1.